The van der Waals surface area contributed by atoms with Gasteiger partial charge >= 0.3 is 0 Å². The topological polar surface area (TPSA) is 21.3 Å². The van der Waals surface area contributed by atoms with Gasteiger partial charge < -0.3 is 10.1 Å². The van der Waals surface area contributed by atoms with E-state index in [-0.39, 0.29) is 5.82 Å². The fourth-order valence-corrected chi connectivity index (χ4v) is 1.93. The van der Waals surface area contributed by atoms with Crippen LogP contribution < -0.4 is 10.1 Å². The minimum Gasteiger partial charge on any atom is -0.494 e. The van der Waals surface area contributed by atoms with Crippen molar-refractivity contribution in [1.29, 1.82) is 0 Å². The summed E-state index contributed by atoms with van der Waals surface area (Å²) in [6, 6.07) is 12.1. The first-order chi connectivity index (χ1) is 9.19. The van der Waals surface area contributed by atoms with Gasteiger partial charge in [-0.3, -0.25) is 0 Å². The van der Waals surface area contributed by atoms with Crippen LogP contribution in [0.3, 0.4) is 0 Å². The van der Waals surface area contributed by atoms with E-state index >= 15 is 0 Å². The molecule has 0 spiro atoms. The number of halogens is 2. The molecule has 0 heterocycles. The van der Waals surface area contributed by atoms with Crippen molar-refractivity contribution in [3.05, 3.63) is 58.9 Å². The van der Waals surface area contributed by atoms with E-state index in [9.17, 15) is 4.39 Å². The lowest BCUT2D eigenvalue weighted by molar-refractivity contribution is 0.340. The summed E-state index contributed by atoms with van der Waals surface area (Å²) in [5.74, 6) is 0.516. The molecule has 0 unspecified atom stereocenters. The fraction of sp³-hybridized carbons (Fsp3) is 0.200. The zero-order chi connectivity index (χ0) is 13.7. The average Bonchev–Trinajstić information content (AvgIpc) is 2.40. The van der Waals surface area contributed by atoms with Gasteiger partial charge in [-0.15, -0.1) is 0 Å². The highest BCUT2D eigenvalue weighted by Crippen LogP contribution is 2.23. The standard InChI is InChI=1S/C15H15ClFNO/c1-2-19-13-6-3-11(4-7-13)10-18-15-8-5-12(17)9-14(15)16/h3-9,18H,2,10H2,1H3. The second kappa shape index (κ2) is 6.43. The van der Waals surface area contributed by atoms with E-state index in [1.807, 2.05) is 31.2 Å². The molecule has 0 atom stereocenters. The summed E-state index contributed by atoms with van der Waals surface area (Å²) in [6.45, 7) is 3.23. The second-order valence-electron chi connectivity index (χ2n) is 4.05. The fourth-order valence-electron chi connectivity index (χ4n) is 1.70. The van der Waals surface area contributed by atoms with Crippen LogP contribution in [-0.2, 0) is 6.54 Å². The van der Waals surface area contributed by atoms with Crippen LogP contribution in [0.4, 0.5) is 10.1 Å². The Kier molecular flexibility index (Phi) is 4.63. The molecule has 0 radical (unpaired) electrons. The Bertz CT molecular complexity index is 542. The maximum absolute atomic E-state index is 12.9. The molecule has 2 rings (SSSR count). The van der Waals surface area contributed by atoms with Crippen LogP contribution in [0.25, 0.3) is 0 Å². The summed E-state index contributed by atoms with van der Waals surface area (Å²) in [5.41, 5.74) is 1.82. The highest BCUT2D eigenvalue weighted by Gasteiger charge is 2.02. The summed E-state index contributed by atoms with van der Waals surface area (Å²) in [5, 5.41) is 3.55. The van der Waals surface area contributed by atoms with Gasteiger partial charge in [0.15, 0.2) is 0 Å². The third kappa shape index (κ3) is 3.86. The summed E-state index contributed by atoms with van der Waals surface area (Å²) in [7, 11) is 0. The van der Waals surface area contributed by atoms with E-state index in [1.165, 1.54) is 12.1 Å². The summed E-state index contributed by atoms with van der Waals surface area (Å²) in [4.78, 5) is 0. The zero-order valence-corrected chi connectivity index (χ0v) is 11.4. The van der Waals surface area contributed by atoms with E-state index < -0.39 is 0 Å². The summed E-state index contributed by atoms with van der Waals surface area (Å²) in [6.07, 6.45) is 0. The quantitative estimate of drug-likeness (QED) is 0.871. The molecule has 0 saturated heterocycles. The van der Waals surface area contributed by atoms with Gasteiger partial charge in [0.1, 0.15) is 11.6 Å². The Hall–Kier alpha value is -1.74. The van der Waals surface area contributed by atoms with Crippen LogP contribution in [0.2, 0.25) is 5.02 Å². The minimum atomic E-state index is -0.336. The summed E-state index contributed by atoms with van der Waals surface area (Å²) >= 11 is 5.94. The van der Waals surface area contributed by atoms with Crippen LogP contribution >= 0.6 is 11.6 Å². The molecule has 4 heteroatoms. The molecule has 2 nitrogen and oxygen atoms in total. The first kappa shape index (κ1) is 13.7. The van der Waals surface area contributed by atoms with E-state index in [1.54, 1.807) is 6.07 Å². The lowest BCUT2D eigenvalue weighted by Gasteiger charge is -2.09. The molecule has 100 valence electrons. The molecule has 19 heavy (non-hydrogen) atoms. The predicted molar refractivity (Wildman–Crippen MR) is 76.3 cm³/mol. The third-order valence-electron chi connectivity index (χ3n) is 2.65. The van der Waals surface area contributed by atoms with Crippen molar-refractivity contribution >= 4 is 17.3 Å². The number of benzene rings is 2. The Labute approximate surface area is 117 Å². The van der Waals surface area contributed by atoms with Crippen molar-refractivity contribution in [2.24, 2.45) is 0 Å². The normalized spacial score (nSPS) is 10.3. The van der Waals surface area contributed by atoms with E-state index in [2.05, 4.69) is 5.32 Å². The van der Waals surface area contributed by atoms with E-state index in [0.29, 0.717) is 18.2 Å². The van der Waals surface area contributed by atoms with Crippen molar-refractivity contribution in [2.45, 2.75) is 13.5 Å². The average molecular weight is 280 g/mol. The van der Waals surface area contributed by atoms with Crippen LogP contribution in [0.15, 0.2) is 42.5 Å². The van der Waals surface area contributed by atoms with Gasteiger partial charge in [-0.1, -0.05) is 23.7 Å². The largest absolute Gasteiger partial charge is 0.494 e. The van der Waals surface area contributed by atoms with E-state index in [4.69, 9.17) is 16.3 Å². The molecule has 2 aromatic carbocycles. The molecule has 0 aliphatic carbocycles. The van der Waals surface area contributed by atoms with Gasteiger partial charge in [-0.2, -0.15) is 0 Å². The highest BCUT2D eigenvalue weighted by atomic mass is 35.5. The third-order valence-corrected chi connectivity index (χ3v) is 2.96. The van der Waals surface area contributed by atoms with E-state index in [0.717, 1.165) is 17.0 Å². The van der Waals surface area contributed by atoms with Gasteiger partial charge in [0.25, 0.3) is 0 Å². The first-order valence-corrected chi connectivity index (χ1v) is 6.47. The number of hydrogen-bond acceptors (Lipinski definition) is 2. The molecule has 0 bridgehead atoms. The number of ether oxygens (including phenoxy) is 1. The molecule has 2 aromatic rings. The Balaban J connectivity index is 1.98. The van der Waals surface area contributed by atoms with Gasteiger partial charge in [0, 0.05) is 6.54 Å². The number of hydrogen-bond donors (Lipinski definition) is 1. The van der Waals surface area contributed by atoms with Crippen LogP contribution in [0.1, 0.15) is 12.5 Å². The SMILES string of the molecule is CCOc1ccc(CNc2ccc(F)cc2Cl)cc1. The lowest BCUT2D eigenvalue weighted by Crippen LogP contribution is -2.00. The monoisotopic (exact) mass is 279 g/mol. The molecule has 0 aliphatic heterocycles. The lowest BCUT2D eigenvalue weighted by atomic mass is 10.2. The van der Waals surface area contributed by atoms with Gasteiger partial charge in [0.05, 0.1) is 17.3 Å². The van der Waals surface area contributed by atoms with Crippen LogP contribution in [0, 0.1) is 5.82 Å². The van der Waals surface area contributed by atoms with Crippen molar-refractivity contribution < 1.29 is 9.13 Å². The molecule has 0 saturated carbocycles. The maximum atomic E-state index is 12.9. The summed E-state index contributed by atoms with van der Waals surface area (Å²) < 4.78 is 18.3. The van der Waals surface area contributed by atoms with Crippen molar-refractivity contribution in [3.63, 3.8) is 0 Å². The minimum absolute atomic E-state index is 0.336. The number of anilines is 1. The molecule has 0 aromatic heterocycles. The number of nitrogens with one attached hydrogen (secondary N) is 1. The van der Waals surface area contributed by atoms with Crippen molar-refractivity contribution in [1.82, 2.24) is 0 Å². The van der Waals surface area contributed by atoms with Gasteiger partial charge in [0.2, 0.25) is 0 Å². The molecule has 0 amide bonds. The van der Waals surface area contributed by atoms with Gasteiger partial charge in [-0.25, -0.2) is 4.39 Å². The van der Waals surface area contributed by atoms with Crippen molar-refractivity contribution in [2.75, 3.05) is 11.9 Å². The maximum Gasteiger partial charge on any atom is 0.124 e. The zero-order valence-electron chi connectivity index (χ0n) is 10.6. The van der Waals surface area contributed by atoms with Gasteiger partial charge in [-0.05, 0) is 42.8 Å². The molecule has 0 aliphatic rings. The molecule has 0 fully saturated rings. The smallest absolute Gasteiger partial charge is 0.124 e. The Morgan fingerprint density at radius 3 is 2.53 bits per heavy atom. The van der Waals surface area contributed by atoms with Crippen molar-refractivity contribution in [3.8, 4) is 5.75 Å². The Morgan fingerprint density at radius 2 is 1.89 bits per heavy atom. The molecular formula is C15H15ClFNO. The first-order valence-electron chi connectivity index (χ1n) is 6.09. The second-order valence-corrected chi connectivity index (χ2v) is 4.46. The highest BCUT2D eigenvalue weighted by molar-refractivity contribution is 6.33. The molecule has 1 N–H and O–H groups in total. The molecular weight excluding hydrogens is 265 g/mol. The number of rotatable bonds is 5. The van der Waals surface area contributed by atoms with Crippen LogP contribution in [-0.4, -0.2) is 6.61 Å². The van der Waals surface area contributed by atoms with Crippen LogP contribution in [0.5, 0.6) is 5.75 Å². The predicted octanol–water partition coefficient (Wildman–Crippen LogP) is 4.49. The Morgan fingerprint density at radius 1 is 1.16 bits per heavy atom.